The zero-order valence-corrected chi connectivity index (χ0v) is 19.6. The van der Waals surface area contributed by atoms with Crippen LogP contribution in [0.1, 0.15) is 58.1 Å². The number of carbonyl (C=O) groups is 1. The lowest BCUT2D eigenvalue weighted by Gasteiger charge is -2.35. The van der Waals surface area contributed by atoms with E-state index in [1.807, 2.05) is 40.4 Å². The summed E-state index contributed by atoms with van der Waals surface area (Å²) in [6, 6.07) is 10.6. The minimum atomic E-state index is -0.259. The quantitative estimate of drug-likeness (QED) is 0.566. The molecule has 1 aliphatic carbocycles. The first kappa shape index (κ1) is 22.5. The van der Waals surface area contributed by atoms with Crippen LogP contribution < -0.4 is 15.8 Å². The van der Waals surface area contributed by atoms with Crippen molar-refractivity contribution in [2.24, 2.45) is 0 Å². The molecular weight excluding hydrogens is 402 g/mol. The van der Waals surface area contributed by atoms with Crippen LogP contribution in [0.3, 0.4) is 0 Å². The molecule has 0 spiro atoms. The predicted octanol–water partition coefficient (Wildman–Crippen LogP) is 2.09. The van der Waals surface area contributed by atoms with Crippen LogP contribution in [0.5, 0.6) is 0 Å². The Morgan fingerprint density at radius 3 is 2.75 bits per heavy atom. The molecule has 0 saturated heterocycles. The van der Waals surface area contributed by atoms with Crippen LogP contribution in [-0.4, -0.2) is 45.3 Å². The van der Waals surface area contributed by atoms with Crippen molar-refractivity contribution in [3.8, 4) is 0 Å². The number of carbonyl (C=O) groups excluding carboxylic acids is 1. The number of nitrogens with one attached hydrogen (secondary N) is 2. The maximum absolute atomic E-state index is 12.9. The van der Waals surface area contributed by atoms with Gasteiger partial charge in [0.05, 0.1) is 30.7 Å². The van der Waals surface area contributed by atoms with Crippen LogP contribution in [0.4, 0.5) is 0 Å². The highest BCUT2D eigenvalue weighted by atomic mass is 16.2. The molecule has 1 amide bonds. The molecule has 1 aromatic carbocycles. The summed E-state index contributed by atoms with van der Waals surface area (Å²) in [6.45, 7) is 8.30. The maximum Gasteiger partial charge on any atom is 0.273 e. The summed E-state index contributed by atoms with van der Waals surface area (Å²) in [7, 11) is 0. The van der Waals surface area contributed by atoms with E-state index in [9.17, 15) is 9.59 Å². The standard InChI is InChI=1S/C25H35N5O2/c1-4-18(2)28(20-10-6-5-7-11-20)15-14-26-24(32)17-29-22-13-9-8-12-21(22)25-27-23(31)16-19(3)30(25)29/h8-9,12-13,16,18,20H,4-7,10-11,14-15,17H2,1-3H3,(H,26,32)/p+1. The van der Waals surface area contributed by atoms with Crippen LogP contribution >= 0.6 is 0 Å². The van der Waals surface area contributed by atoms with Crippen LogP contribution in [0, 0.1) is 6.92 Å². The monoisotopic (exact) mass is 438 g/mol. The van der Waals surface area contributed by atoms with Crippen LogP contribution in [0.25, 0.3) is 16.6 Å². The minimum absolute atomic E-state index is 0.0158. The molecule has 4 rings (SSSR count). The number of fused-ring (bicyclic) bond motifs is 3. The Morgan fingerprint density at radius 2 is 2.00 bits per heavy atom. The number of amides is 1. The Hall–Kier alpha value is -2.67. The van der Waals surface area contributed by atoms with Gasteiger partial charge in [-0.25, -0.2) is 4.52 Å². The molecule has 1 saturated carbocycles. The Kier molecular flexibility index (Phi) is 6.94. The summed E-state index contributed by atoms with van der Waals surface area (Å²) in [5.74, 6) is -0.0158. The predicted molar refractivity (Wildman–Crippen MR) is 127 cm³/mol. The van der Waals surface area contributed by atoms with Crippen molar-refractivity contribution >= 4 is 22.5 Å². The van der Waals surface area contributed by atoms with E-state index in [-0.39, 0.29) is 18.0 Å². The zero-order chi connectivity index (χ0) is 22.7. The first-order chi connectivity index (χ1) is 15.5. The molecule has 1 fully saturated rings. The fourth-order valence-electron chi connectivity index (χ4n) is 5.35. The highest BCUT2D eigenvalue weighted by Crippen LogP contribution is 2.21. The molecule has 7 nitrogen and oxygen atoms in total. The molecule has 2 atom stereocenters. The molecule has 1 aliphatic rings. The fraction of sp³-hybridized carbons (Fsp3) is 0.560. The van der Waals surface area contributed by atoms with E-state index in [0.717, 1.165) is 35.6 Å². The van der Waals surface area contributed by atoms with Gasteiger partial charge in [0, 0.05) is 17.1 Å². The SMILES string of the molecule is CCC(C)[NH+](CCNC(=O)Cn1c2ccccc2c2nc(=O)cc(C)n21)C1CCCCC1. The number of para-hydroxylation sites is 1. The average molecular weight is 439 g/mol. The summed E-state index contributed by atoms with van der Waals surface area (Å²) in [6.07, 6.45) is 7.80. The molecule has 32 heavy (non-hydrogen) atoms. The van der Waals surface area contributed by atoms with E-state index in [2.05, 4.69) is 24.1 Å². The van der Waals surface area contributed by atoms with Crippen molar-refractivity contribution in [2.75, 3.05) is 13.1 Å². The smallest absolute Gasteiger partial charge is 0.273 e. The van der Waals surface area contributed by atoms with E-state index in [0.29, 0.717) is 18.2 Å². The molecule has 7 heteroatoms. The lowest BCUT2D eigenvalue weighted by molar-refractivity contribution is -0.948. The van der Waals surface area contributed by atoms with Gasteiger partial charge in [-0.05, 0) is 58.1 Å². The molecule has 2 unspecified atom stereocenters. The molecule has 2 heterocycles. The highest BCUT2D eigenvalue weighted by Gasteiger charge is 2.27. The van der Waals surface area contributed by atoms with Crippen molar-refractivity contribution < 1.29 is 9.69 Å². The van der Waals surface area contributed by atoms with Gasteiger partial charge in [0.1, 0.15) is 6.54 Å². The molecule has 172 valence electrons. The summed E-state index contributed by atoms with van der Waals surface area (Å²) >= 11 is 0. The Bertz CT molecular complexity index is 1140. The second kappa shape index (κ2) is 9.86. The zero-order valence-electron chi connectivity index (χ0n) is 19.6. The second-order valence-electron chi connectivity index (χ2n) is 9.27. The van der Waals surface area contributed by atoms with Gasteiger partial charge >= 0.3 is 0 Å². The van der Waals surface area contributed by atoms with Crippen molar-refractivity contribution in [2.45, 2.75) is 77.9 Å². The third-order valence-corrected chi connectivity index (χ3v) is 7.15. The number of hydrogen-bond acceptors (Lipinski definition) is 3. The van der Waals surface area contributed by atoms with Crippen molar-refractivity contribution in [1.29, 1.82) is 0 Å². The molecule has 2 aromatic heterocycles. The van der Waals surface area contributed by atoms with Crippen molar-refractivity contribution in [3.63, 3.8) is 0 Å². The second-order valence-corrected chi connectivity index (χ2v) is 9.27. The maximum atomic E-state index is 12.9. The van der Waals surface area contributed by atoms with Crippen LogP contribution in [0.2, 0.25) is 0 Å². The van der Waals surface area contributed by atoms with Gasteiger partial charge in [0.25, 0.3) is 5.56 Å². The van der Waals surface area contributed by atoms with E-state index in [1.54, 1.807) is 4.90 Å². The summed E-state index contributed by atoms with van der Waals surface area (Å²) < 4.78 is 3.80. The first-order valence-electron chi connectivity index (χ1n) is 12.1. The third kappa shape index (κ3) is 4.58. The number of benzene rings is 1. The molecule has 0 radical (unpaired) electrons. The summed E-state index contributed by atoms with van der Waals surface area (Å²) in [5.41, 5.74) is 2.01. The summed E-state index contributed by atoms with van der Waals surface area (Å²) in [5, 5.41) is 4.03. The van der Waals surface area contributed by atoms with Gasteiger partial charge < -0.3 is 10.2 Å². The van der Waals surface area contributed by atoms with Gasteiger partial charge in [-0.15, -0.1) is 0 Å². The number of quaternary nitrogens is 1. The third-order valence-electron chi connectivity index (χ3n) is 7.15. The van der Waals surface area contributed by atoms with Crippen molar-refractivity contribution in [1.82, 2.24) is 19.5 Å². The van der Waals surface area contributed by atoms with Crippen molar-refractivity contribution in [3.05, 3.63) is 46.4 Å². The average Bonchev–Trinajstić information content (AvgIpc) is 3.10. The lowest BCUT2D eigenvalue weighted by Crippen LogP contribution is -3.19. The number of nitrogens with zero attached hydrogens (tertiary/aromatic N) is 3. The van der Waals surface area contributed by atoms with Gasteiger partial charge in [0.2, 0.25) is 5.91 Å². The van der Waals surface area contributed by atoms with Gasteiger partial charge in [-0.2, -0.15) is 4.98 Å². The Labute approximate surface area is 189 Å². The lowest BCUT2D eigenvalue weighted by atomic mass is 9.93. The first-order valence-corrected chi connectivity index (χ1v) is 12.1. The molecule has 2 N–H and O–H groups in total. The van der Waals surface area contributed by atoms with E-state index < -0.39 is 0 Å². The van der Waals surface area contributed by atoms with E-state index in [4.69, 9.17) is 0 Å². The summed E-state index contributed by atoms with van der Waals surface area (Å²) in [4.78, 5) is 30.8. The number of rotatable bonds is 8. The molecular formula is C25H36N5O2+. The van der Waals surface area contributed by atoms with Crippen LogP contribution in [0.15, 0.2) is 35.1 Å². The largest absolute Gasteiger partial charge is 0.349 e. The van der Waals surface area contributed by atoms with Gasteiger partial charge in [-0.1, -0.05) is 25.5 Å². The van der Waals surface area contributed by atoms with Gasteiger partial charge in [0.15, 0.2) is 5.65 Å². The molecule has 0 aliphatic heterocycles. The Balaban J connectivity index is 1.48. The number of hydrogen-bond donors (Lipinski definition) is 2. The minimum Gasteiger partial charge on any atom is -0.349 e. The molecule has 0 bridgehead atoms. The van der Waals surface area contributed by atoms with E-state index >= 15 is 0 Å². The highest BCUT2D eigenvalue weighted by molar-refractivity contribution is 5.93. The number of aryl methyl sites for hydroxylation is 1. The molecule has 3 aromatic rings. The van der Waals surface area contributed by atoms with Crippen LogP contribution in [-0.2, 0) is 11.3 Å². The Morgan fingerprint density at radius 1 is 1.25 bits per heavy atom. The number of aromatic nitrogens is 3. The van der Waals surface area contributed by atoms with E-state index in [1.165, 1.54) is 38.2 Å². The fourth-order valence-corrected chi connectivity index (χ4v) is 5.35. The van der Waals surface area contributed by atoms with Gasteiger partial charge in [-0.3, -0.25) is 14.3 Å². The normalized spacial score (nSPS) is 17.0. The topological polar surface area (TPSA) is 72.8 Å².